The summed E-state index contributed by atoms with van der Waals surface area (Å²) < 4.78 is 0. The summed E-state index contributed by atoms with van der Waals surface area (Å²) in [5.74, 6) is -1.62. The van der Waals surface area contributed by atoms with E-state index in [4.69, 9.17) is 5.11 Å². The number of aliphatic hydroxyl groups is 1. The normalized spacial score (nSPS) is 12.1. The number of carbonyl (C=O) groups is 2. The third kappa shape index (κ3) is 4.34. The molecule has 1 unspecified atom stereocenters. The van der Waals surface area contributed by atoms with Crippen LogP contribution >= 0.6 is 0 Å². The second-order valence-corrected chi connectivity index (χ2v) is 3.54. The second kappa shape index (κ2) is 6.78. The van der Waals surface area contributed by atoms with Crippen LogP contribution in [0.1, 0.15) is 16.8 Å². The molecule has 0 radical (unpaired) electrons. The molecule has 0 spiro atoms. The fraction of sp³-hybridized carbons (Fsp3) is 0.333. The van der Waals surface area contributed by atoms with Crippen LogP contribution in [-0.2, 0) is 4.79 Å². The van der Waals surface area contributed by atoms with Crippen molar-refractivity contribution < 1.29 is 19.8 Å². The van der Waals surface area contributed by atoms with E-state index in [1.165, 1.54) is 0 Å². The molecule has 0 aliphatic carbocycles. The van der Waals surface area contributed by atoms with Gasteiger partial charge in [0.15, 0.2) is 5.78 Å². The maximum absolute atomic E-state index is 11.7. The molecule has 0 aromatic heterocycles. The molecule has 1 rings (SSSR count). The molecule has 0 fully saturated rings. The number of carboxylic acids is 1. The number of Topliss-reactive ketones (excluding diaryl/α,β-unsaturated/α-hetero) is 1. The molecule has 0 aliphatic heterocycles. The topological polar surface area (TPSA) is 89.5 Å². The van der Waals surface area contributed by atoms with E-state index >= 15 is 0 Å². The molecule has 0 heterocycles. The number of carboxylic acid groups (broad SMARTS) is 1. The van der Waals surface area contributed by atoms with Gasteiger partial charge in [-0.2, -0.15) is 0 Å². The molecular formula is C12H14NO4-. The van der Waals surface area contributed by atoms with Crippen LogP contribution in [0.15, 0.2) is 30.3 Å². The molecule has 0 aliphatic rings. The summed E-state index contributed by atoms with van der Waals surface area (Å²) in [5, 5.41) is 21.9. The maximum Gasteiger partial charge on any atom is 0.164 e. The Morgan fingerprint density at radius 3 is 2.47 bits per heavy atom. The summed E-state index contributed by atoms with van der Waals surface area (Å²) in [5.41, 5.74) is 0.463. The second-order valence-electron chi connectivity index (χ2n) is 3.54. The number of aliphatic hydroxyl groups excluding tert-OH is 1. The van der Waals surface area contributed by atoms with Crippen molar-refractivity contribution in [2.45, 2.75) is 12.5 Å². The van der Waals surface area contributed by atoms with Crippen LogP contribution in [0, 0.1) is 0 Å². The molecule has 1 aromatic carbocycles. The van der Waals surface area contributed by atoms with Gasteiger partial charge in [-0.3, -0.25) is 4.79 Å². The summed E-state index contributed by atoms with van der Waals surface area (Å²) >= 11 is 0. The van der Waals surface area contributed by atoms with Gasteiger partial charge in [0.25, 0.3) is 0 Å². The highest BCUT2D eigenvalue weighted by Crippen LogP contribution is 2.05. The Bertz CT molecular complexity index is 377. The standard InChI is InChI=1S/C12H15NO4/c14-7-6-13-10(12(16)17)8-11(15)9-4-2-1-3-5-9/h1-5,10,13-14H,6-8H2,(H,16,17)/p-1. The number of benzene rings is 1. The van der Waals surface area contributed by atoms with Crippen molar-refractivity contribution in [3.05, 3.63) is 35.9 Å². The number of ketones is 1. The Morgan fingerprint density at radius 1 is 1.29 bits per heavy atom. The Balaban J connectivity index is 2.61. The first kappa shape index (κ1) is 13.3. The molecule has 92 valence electrons. The zero-order valence-corrected chi connectivity index (χ0v) is 9.26. The summed E-state index contributed by atoms with van der Waals surface area (Å²) in [6.07, 6.45) is -0.188. The predicted molar refractivity (Wildman–Crippen MR) is 59.3 cm³/mol. The van der Waals surface area contributed by atoms with Gasteiger partial charge < -0.3 is 20.3 Å². The zero-order valence-electron chi connectivity index (χ0n) is 9.26. The molecule has 5 heteroatoms. The van der Waals surface area contributed by atoms with Crippen molar-refractivity contribution in [2.75, 3.05) is 13.2 Å². The van der Waals surface area contributed by atoms with Crippen LogP contribution in [0.3, 0.4) is 0 Å². The van der Waals surface area contributed by atoms with Gasteiger partial charge in [0.05, 0.1) is 18.6 Å². The fourth-order valence-electron chi connectivity index (χ4n) is 1.40. The third-order valence-corrected chi connectivity index (χ3v) is 2.27. The minimum atomic E-state index is -1.34. The number of carbonyl (C=O) groups excluding carboxylic acids is 2. The average molecular weight is 236 g/mol. The van der Waals surface area contributed by atoms with Crippen molar-refractivity contribution in [3.63, 3.8) is 0 Å². The summed E-state index contributed by atoms with van der Waals surface area (Å²) in [7, 11) is 0. The van der Waals surface area contributed by atoms with Crippen molar-refractivity contribution >= 4 is 11.8 Å². The zero-order chi connectivity index (χ0) is 12.7. The SMILES string of the molecule is O=C(CC(NCCO)C(=O)[O-])c1ccccc1. The van der Waals surface area contributed by atoms with E-state index in [1.54, 1.807) is 30.3 Å². The van der Waals surface area contributed by atoms with Crippen LogP contribution in [0.5, 0.6) is 0 Å². The van der Waals surface area contributed by atoms with E-state index in [-0.39, 0.29) is 25.4 Å². The molecule has 2 N–H and O–H groups in total. The van der Waals surface area contributed by atoms with E-state index in [2.05, 4.69) is 5.32 Å². The highest BCUT2D eigenvalue weighted by atomic mass is 16.4. The van der Waals surface area contributed by atoms with E-state index in [1.807, 2.05) is 0 Å². The number of nitrogens with one attached hydrogen (secondary N) is 1. The van der Waals surface area contributed by atoms with Gasteiger partial charge in [-0.15, -0.1) is 0 Å². The molecule has 17 heavy (non-hydrogen) atoms. The monoisotopic (exact) mass is 236 g/mol. The number of hydrogen-bond donors (Lipinski definition) is 2. The lowest BCUT2D eigenvalue weighted by molar-refractivity contribution is -0.308. The summed E-state index contributed by atoms with van der Waals surface area (Å²) in [6.45, 7) is -0.0793. The van der Waals surface area contributed by atoms with Gasteiger partial charge in [0.2, 0.25) is 0 Å². The minimum Gasteiger partial charge on any atom is -0.548 e. The lowest BCUT2D eigenvalue weighted by Crippen LogP contribution is -2.47. The highest BCUT2D eigenvalue weighted by molar-refractivity contribution is 5.98. The average Bonchev–Trinajstić information content (AvgIpc) is 2.35. The van der Waals surface area contributed by atoms with Crippen LogP contribution in [0.2, 0.25) is 0 Å². The van der Waals surface area contributed by atoms with Crippen LogP contribution in [0.4, 0.5) is 0 Å². The van der Waals surface area contributed by atoms with Crippen molar-refractivity contribution in [3.8, 4) is 0 Å². The van der Waals surface area contributed by atoms with Gasteiger partial charge >= 0.3 is 0 Å². The Morgan fingerprint density at radius 2 is 1.94 bits per heavy atom. The predicted octanol–water partition coefficient (Wildman–Crippen LogP) is -1.04. The van der Waals surface area contributed by atoms with Crippen molar-refractivity contribution in [2.24, 2.45) is 0 Å². The van der Waals surface area contributed by atoms with Crippen LogP contribution in [-0.4, -0.2) is 36.1 Å². The molecule has 0 saturated heterocycles. The summed E-state index contributed by atoms with van der Waals surface area (Å²) in [4.78, 5) is 22.5. The smallest absolute Gasteiger partial charge is 0.164 e. The Kier molecular flexibility index (Phi) is 5.32. The largest absolute Gasteiger partial charge is 0.548 e. The lowest BCUT2D eigenvalue weighted by atomic mass is 10.0. The minimum absolute atomic E-state index is 0.112. The lowest BCUT2D eigenvalue weighted by Gasteiger charge is -2.18. The molecule has 0 saturated carbocycles. The fourth-order valence-corrected chi connectivity index (χ4v) is 1.40. The molecule has 0 bridgehead atoms. The van der Waals surface area contributed by atoms with Gasteiger partial charge in [0.1, 0.15) is 0 Å². The first-order valence-electron chi connectivity index (χ1n) is 5.28. The van der Waals surface area contributed by atoms with Gasteiger partial charge in [0, 0.05) is 18.5 Å². The van der Waals surface area contributed by atoms with Crippen molar-refractivity contribution in [1.82, 2.24) is 5.32 Å². The van der Waals surface area contributed by atoms with Crippen LogP contribution < -0.4 is 10.4 Å². The molecule has 5 nitrogen and oxygen atoms in total. The number of aliphatic carboxylic acids is 1. The summed E-state index contributed by atoms with van der Waals surface area (Å²) in [6, 6.07) is 7.37. The number of hydrogen-bond acceptors (Lipinski definition) is 5. The van der Waals surface area contributed by atoms with E-state index in [9.17, 15) is 14.7 Å². The first-order chi connectivity index (χ1) is 8.15. The van der Waals surface area contributed by atoms with Gasteiger partial charge in [-0.1, -0.05) is 30.3 Å². The van der Waals surface area contributed by atoms with E-state index < -0.39 is 12.0 Å². The molecule has 1 atom stereocenters. The van der Waals surface area contributed by atoms with E-state index in [0.29, 0.717) is 5.56 Å². The first-order valence-corrected chi connectivity index (χ1v) is 5.28. The van der Waals surface area contributed by atoms with Crippen LogP contribution in [0.25, 0.3) is 0 Å². The molecule has 1 aromatic rings. The highest BCUT2D eigenvalue weighted by Gasteiger charge is 2.15. The Hall–Kier alpha value is -1.72. The van der Waals surface area contributed by atoms with Gasteiger partial charge in [-0.05, 0) is 0 Å². The third-order valence-electron chi connectivity index (χ3n) is 2.27. The van der Waals surface area contributed by atoms with Crippen molar-refractivity contribution in [1.29, 1.82) is 0 Å². The number of rotatable bonds is 7. The quantitative estimate of drug-likeness (QED) is 0.590. The Labute approximate surface area is 99.1 Å². The van der Waals surface area contributed by atoms with E-state index in [0.717, 1.165) is 0 Å². The molecule has 0 amide bonds. The molecular weight excluding hydrogens is 222 g/mol. The maximum atomic E-state index is 11.7. The van der Waals surface area contributed by atoms with Gasteiger partial charge in [-0.25, -0.2) is 0 Å².